The molecule has 30 heavy (non-hydrogen) atoms. The lowest BCUT2D eigenvalue weighted by atomic mass is 9.97. The molecular weight excluding hydrogens is 380 g/mol. The number of rotatable bonds is 8. The van der Waals surface area contributed by atoms with Crippen molar-refractivity contribution in [3.8, 4) is 0 Å². The maximum atomic E-state index is 12.2. The number of carbonyl (C=O) groups is 2. The van der Waals surface area contributed by atoms with Gasteiger partial charge in [-0.2, -0.15) is 0 Å². The van der Waals surface area contributed by atoms with Gasteiger partial charge in [-0.25, -0.2) is 9.59 Å². The highest BCUT2D eigenvalue weighted by atomic mass is 16.5. The molecule has 7 heteroatoms. The number of benzene rings is 2. The molecule has 2 aromatic rings. The maximum Gasteiger partial charge on any atom is 0.319 e. The average molecular weight is 411 g/mol. The Morgan fingerprint density at radius 3 is 2.17 bits per heavy atom. The first-order chi connectivity index (χ1) is 14.6. The van der Waals surface area contributed by atoms with Gasteiger partial charge in [0.05, 0.1) is 6.10 Å². The van der Waals surface area contributed by atoms with Gasteiger partial charge in [0.1, 0.15) is 0 Å². The molecule has 1 fully saturated rings. The largest absolute Gasteiger partial charge is 0.376 e. The molecule has 0 aliphatic carbocycles. The van der Waals surface area contributed by atoms with Crippen LogP contribution < -0.4 is 21.3 Å². The fourth-order valence-corrected chi connectivity index (χ4v) is 3.44. The minimum Gasteiger partial charge on any atom is -0.376 e. The molecule has 4 amide bonds. The Balaban J connectivity index is 1.40. The second kappa shape index (κ2) is 11.2. The third-order valence-corrected chi connectivity index (χ3v) is 5.19. The molecule has 1 aliphatic rings. The summed E-state index contributed by atoms with van der Waals surface area (Å²) in [6.07, 6.45) is 3.07. The molecule has 7 nitrogen and oxygen atoms in total. The van der Waals surface area contributed by atoms with E-state index in [-0.39, 0.29) is 24.1 Å². The fraction of sp³-hybridized carbons (Fsp3) is 0.391. The summed E-state index contributed by atoms with van der Waals surface area (Å²) < 4.78 is 5.48. The zero-order valence-corrected chi connectivity index (χ0v) is 17.3. The first-order valence-electron chi connectivity index (χ1n) is 10.5. The number of nitrogens with one attached hydrogen (secondary N) is 4. The number of hydrogen-bond donors (Lipinski definition) is 4. The first-order valence-corrected chi connectivity index (χ1v) is 10.5. The minimum absolute atomic E-state index is 0.107. The van der Waals surface area contributed by atoms with Gasteiger partial charge < -0.3 is 26.0 Å². The fourth-order valence-electron chi connectivity index (χ4n) is 3.44. The van der Waals surface area contributed by atoms with Crippen LogP contribution >= 0.6 is 0 Å². The summed E-state index contributed by atoms with van der Waals surface area (Å²) in [6.45, 7) is 3.95. The van der Waals surface area contributed by atoms with Crippen molar-refractivity contribution in [2.45, 2.75) is 38.2 Å². The van der Waals surface area contributed by atoms with E-state index >= 15 is 0 Å². The highest BCUT2D eigenvalue weighted by molar-refractivity contribution is 5.91. The van der Waals surface area contributed by atoms with E-state index in [1.807, 2.05) is 18.2 Å². The van der Waals surface area contributed by atoms with E-state index in [9.17, 15) is 9.59 Å². The normalized spacial score (nSPS) is 16.5. The number of urea groups is 2. The Labute approximate surface area is 177 Å². The summed E-state index contributed by atoms with van der Waals surface area (Å²) in [6, 6.07) is 16.7. The summed E-state index contributed by atoms with van der Waals surface area (Å²) in [4.78, 5) is 24.2. The quantitative estimate of drug-likeness (QED) is 0.523. The van der Waals surface area contributed by atoms with E-state index in [1.54, 1.807) is 24.3 Å². The molecule has 1 heterocycles. The molecule has 4 N–H and O–H groups in total. The van der Waals surface area contributed by atoms with Crippen LogP contribution in [0.3, 0.4) is 0 Å². The molecule has 0 bridgehead atoms. The SMILES string of the molecule is CCC(CNC(=O)Nc1ccc(NC(=O)NCC2CCCO2)cc1)c1ccccc1. The lowest BCUT2D eigenvalue weighted by Gasteiger charge is -2.16. The predicted molar refractivity (Wildman–Crippen MR) is 119 cm³/mol. The molecule has 0 aromatic heterocycles. The molecule has 0 saturated carbocycles. The van der Waals surface area contributed by atoms with Crippen LogP contribution in [0.2, 0.25) is 0 Å². The van der Waals surface area contributed by atoms with Crippen LogP contribution in [0.1, 0.15) is 37.7 Å². The minimum atomic E-state index is -0.268. The summed E-state index contributed by atoms with van der Waals surface area (Å²) >= 11 is 0. The van der Waals surface area contributed by atoms with Crippen molar-refractivity contribution in [3.63, 3.8) is 0 Å². The smallest absolute Gasteiger partial charge is 0.319 e. The third-order valence-electron chi connectivity index (χ3n) is 5.19. The van der Waals surface area contributed by atoms with Crippen LogP contribution in [0.15, 0.2) is 54.6 Å². The number of hydrogen-bond acceptors (Lipinski definition) is 3. The van der Waals surface area contributed by atoms with Gasteiger partial charge in [-0.1, -0.05) is 37.3 Å². The molecular formula is C23H30N4O3. The Kier molecular flexibility index (Phi) is 8.09. The van der Waals surface area contributed by atoms with Crippen molar-refractivity contribution in [3.05, 3.63) is 60.2 Å². The Morgan fingerprint density at radius 1 is 0.967 bits per heavy atom. The van der Waals surface area contributed by atoms with Gasteiger partial charge in [0.25, 0.3) is 0 Å². The Bertz CT molecular complexity index is 805. The van der Waals surface area contributed by atoms with Gasteiger partial charge in [-0.05, 0) is 49.1 Å². The van der Waals surface area contributed by atoms with Crippen molar-refractivity contribution in [1.82, 2.24) is 10.6 Å². The number of amides is 4. The second-order valence-corrected chi connectivity index (χ2v) is 7.40. The van der Waals surface area contributed by atoms with E-state index in [0.29, 0.717) is 24.5 Å². The van der Waals surface area contributed by atoms with Crippen LogP contribution in [0.5, 0.6) is 0 Å². The highest BCUT2D eigenvalue weighted by Gasteiger charge is 2.16. The summed E-state index contributed by atoms with van der Waals surface area (Å²) in [5, 5.41) is 11.3. The van der Waals surface area contributed by atoms with E-state index < -0.39 is 0 Å². The Morgan fingerprint density at radius 2 is 1.60 bits per heavy atom. The lowest BCUT2D eigenvalue weighted by Crippen LogP contribution is -2.35. The van der Waals surface area contributed by atoms with Crippen LogP contribution in [0, 0.1) is 0 Å². The van der Waals surface area contributed by atoms with Crippen LogP contribution in [-0.2, 0) is 4.74 Å². The molecule has 2 aromatic carbocycles. The molecule has 1 saturated heterocycles. The van der Waals surface area contributed by atoms with Crippen molar-refractivity contribution < 1.29 is 14.3 Å². The molecule has 2 atom stereocenters. The van der Waals surface area contributed by atoms with Crippen LogP contribution in [-0.4, -0.2) is 37.9 Å². The number of anilines is 2. The van der Waals surface area contributed by atoms with E-state index in [2.05, 4.69) is 40.3 Å². The maximum absolute atomic E-state index is 12.2. The number of ether oxygens (including phenoxy) is 1. The van der Waals surface area contributed by atoms with Crippen LogP contribution in [0.25, 0.3) is 0 Å². The highest BCUT2D eigenvalue weighted by Crippen LogP contribution is 2.18. The predicted octanol–water partition coefficient (Wildman–Crippen LogP) is 4.30. The van der Waals surface area contributed by atoms with Gasteiger partial charge in [0, 0.05) is 37.0 Å². The molecule has 0 spiro atoms. The van der Waals surface area contributed by atoms with Crippen molar-refractivity contribution in [1.29, 1.82) is 0 Å². The average Bonchev–Trinajstić information content (AvgIpc) is 3.29. The van der Waals surface area contributed by atoms with Gasteiger partial charge in [0.15, 0.2) is 0 Å². The van der Waals surface area contributed by atoms with Crippen molar-refractivity contribution in [2.75, 3.05) is 30.3 Å². The topological polar surface area (TPSA) is 91.5 Å². The molecule has 1 aliphatic heterocycles. The monoisotopic (exact) mass is 410 g/mol. The van der Waals surface area contributed by atoms with Gasteiger partial charge in [-0.15, -0.1) is 0 Å². The van der Waals surface area contributed by atoms with E-state index in [1.165, 1.54) is 5.56 Å². The van der Waals surface area contributed by atoms with Gasteiger partial charge in [0.2, 0.25) is 0 Å². The second-order valence-electron chi connectivity index (χ2n) is 7.40. The lowest BCUT2D eigenvalue weighted by molar-refractivity contribution is 0.112. The Hall–Kier alpha value is -3.06. The number of carbonyl (C=O) groups excluding carboxylic acids is 2. The molecule has 3 rings (SSSR count). The van der Waals surface area contributed by atoms with E-state index in [0.717, 1.165) is 25.9 Å². The zero-order chi connectivity index (χ0) is 21.2. The van der Waals surface area contributed by atoms with E-state index in [4.69, 9.17) is 4.74 Å². The third kappa shape index (κ3) is 6.77. The standard InChI is InChI=1S/C23H30N4O3/c1-2-17(18-7-4-3-5-8-18)15-24-22(28)26-19-10-12-20(13-11-19)27-23(29)25-16-21-9-6-14-30-21/h3-5,7-8,10-13,17,21H,2,6,9,14-16H2,1H3,(H2,24,26,28)(H2,25,27,29). The summed E-state index contributed by atoms with van der Waals surface area (Å²) in [5.74, 6) is 0.275. The summed E-state index contributed by atoms with van der Waals surface area (Å²) in [5.41, 5.74) is 2.53. The van der Waals surface area contributed by atoms with Crippen LogP contribution in [0.4, 0.5) is 21.0 Å². The molecule has 160 valence electrons. The van der Waals surface area contributed by atoms with Gasteiger partial charge >= 0.3 is 12.1 Å². The molecule has 2 unspecified atom stereocenters. The zero-order valence-electron chi connectivity index (χ0n) is 17.3. The first kappa shape index (κ1) is 21.6. The van der Waals surface area contributed by atoms with Crippen molar-refractivity contribution in [2.24, 2.45) is 0 Å². The van der Waals surface area contributed by atoms with Gasteiger partial charge in [-0.3, -0.25) is 0 Å². The molecule has 0 radical (unpaired) electrons. The van der Waals surface area contributed by atoms with Crippen molar-refractivity contribution >= 4 is 23.4 Å². The summed E-state index contributed by atoms with van der Waals surface area (Å²) in [7, 11) is 0.